The predicted molar refractivity (Wildman–Crippen MR) is 167 cm³/mol. The number of amides is 3. The fraction of sp³-hybridized carbons (Fsp3) is 0.121. The van der Waals surface area contributed by atoms with Crippen molar-refractivity contribution in [3.63, 3.8) is 0 Å². The van der Waals surface area contributed by atoms with Crippen LogP contribution in [0.5, 0.6) is 11.5 Å². The molecule has 8 nitrogen and oxygen atoms in total. The first-order valence-electron chi connectivity index (χ1n) is 13.4. The molecule has 0 spiro atoms. The number of methoxy groups -OCH3 is 2. The van der Waals surface area contributed by atoms with Crippen LogP contribution in [0.4, 0.5) is 24.5 Å². The number of nitrogens with one attached hydrogen (secondary N) is 3. The Balaban J connectivity index is 1.45. The number of benzene rings is 4. The lowest BCUT2D eigenvalue weighted by molar-refractivity contribution is -0.137. The standard InChI is InChI=1S/C33H28F3N3O5S/c1-43-24-15-12-22(29(19-24)44-2)18-28(39-31(41)21-8-4-3-5-9-21)32(42)37-23-13-16-25(17-14-23)45-20-30(40)38-27-11-7-6-10-26(27)33(34,35)36/h3-19H,20H2,1-2H3,(H,37,42)(H,38,40)(H,39,41)/b28-18-. The third-order valence-corrected chi connectivity index (χ3v) is 7.27. The number of hydrogen-bond donors (Lipinski definition) is 3. The van der Waals surface area contributed by atoms with Crippen LogP contribution in [0.2, 0.25) is 0 Å². The maximum absolute atomic E-state index is 13.4. The Morgan fingerprint density at radius 3 is 2.18 bits per heavy atom. The van der Waals surface area contributed by atoms with Crippen LogP contribution in [-0.2, 0) is 15.8 Å². The van der Waals surface area contributed by atoms with Gasteiger partial charge in [0.25, 0.3) is 11.8 Å². The van der Waals surface area contributed by atoms with Crippen LogP contribution in [0.1, 0.15) is 21.5 Å². The Hall–Kier alpha value is -5.23. The zero-order valence-corrected chi connectivity index (χ0v) is 24.9. The Bertz CT molecular complexity index is 1690. The average molecular weight is 636 g/mol. The van der Waals surface area contributed by atoms with Gasteiger partial charge in [-0.2, -0.15) is 13.2 Å². The minimum absolute atomic E-state index is 0.0541. The van der Waals surface area contributed by atoms with Crippen molar-refractivity contribution in [3.8, 4) is 11.5 Å². The zero-order chi connectivity index (χ0) is 32.4. The van der Waals surface area contributed by atoms with Crippen LogP contribution in [0.15, 0.2) is 108 Å². The molecule has 3 amide bonds. The van der Waals surface area contributed by atoms with Crippen molar-refractivity contribution in [2.75, 3.05) is 30.6 Å². The van der Waals surface area contributed by atoms with E-state index in [1.807, 2.05) is 0 Å². The number of rotatable bonds is 11. The van der Waals surface area contributed by atoms with Gasteiger partial charge in [-0.1, -0.05) is 30.3 Å². The van der Waals surface area contributed by atoms with Crippen molar-refractivity contribution in [1.29, 1.82) is 0 Å². The van der Waals surface area contributed by atoms with Crippen LogP contribution in [-0.4, -0.2) is 37.7 Å². The Labute approximate surface area is 261 Å². The highest BCUT2D eigenvalue weighted by Gasteiger charge is 2.33. The van der Waals surface area contributed by atoms with E-state index in [0.717, 1.165) is 17.8 Å². The molecule has 45 heavy (non-hydrogen) atoms. The van der Waals surface area contributed by atoms with E-state index in [0.29, 0.717) is 33.2 Å². The highest BCUT2D eigenvalue weighted by molar-refractivity contribution is 8.00. The van der Waals surface area contributed by atoms with E-state index in [1.54, 1.807) is 72.8 Å². The molecular weight excluding hydrogens is 607 g/mol. The molecule has 0 bridgehead atoms. The van der Waals surface area contributed by atoms with E-state index in [9.17, 15) is 27.6 Å². The molecule has 0 heterocycles. The van der Waals surface area contributed by atoms with Gasteiger partial charge in [-0.25, -0.2) is 0 Å². The lowest BCUT2D eigenvalue weighted by atomic mass is 10.1. The number of alkyl halides is 3. The summed E-state index contributed by atoms with van der Waals surface area (Å²) in [7, 11) is 2.98. The van der Waals surface area contributed by atoms with Gasteiger partial charge in [0.1, 0.15) is 17.2 Å². The fourth-order valence-corrected chi connectivity index (χ4v) is 4.74. The van der Waals surface area contributed by atoms with E-state index < -0.39 is 29.5 Å². The maximum atomic E-state index is 13.4. The molecular formula is C33H28F3N3O5S. The van der Waals surface area contributed by atoms with Crippen molar-refractivity contribution < 1.29 is 37.0 Å². The third kappa shape index (κ3) is 9.13. The molecule has 0 aliphatic rings. The van der Waals surface area contributed by atoms with Crippen LogP contribution < -0.4 is 25.4 Å². The maximum Gasteiger partial charge on any atom is 0.418 e. The smallest absolute Gasteiger partial charge is 0.418 e. The molecule has 0 saturated heterocycles. The third-order valence-electron chi connectivity index (χ3n) is 6.26. The number of carbonyl (C=O) groups is 3. The molecule has 4 aromatic rings. The van der Waals surface area contributed by atoms with Gasteiger partial charge in [-0.3, -0.25) is 14.4 Å². The minimum atomic E-state index is -4.60. The topological polar surface area (TPSA) is 106 Å². The van der Waals surface area contributed by atoms with E-state index in [-0.39, 0.29) is 17.1 Å². The van der Waals surface area contributed by atoms with Crippen LogP contribution >= 0.6 is 11.8 Å². The first-order valence-corrected chi connectivity index (χ1v) is 14.4. The van der Waals surface area contributed by atoms with Crippen LogP contribution in [0.3, 0.4) is 0 Å². The van der Waals surface area contributed by atoms with E-state index in [1.165, 1.54) is 38.5 Å². The summed E-state index contributed by atoms with van der Waals surface area (Å²) in [6, 6.07) is 24.7. The summed E-state index contributed by atoms with van der Waals surface area (Å²) in [5.74, 6) is -0.884. The van der Waals surface area contributed by atoms with Gasteiger partial charge in [0.15, 0.2) is 0 Å². The number of halogens is 3. The number of thioether (sulfide) groups is 1. The summed E-state index contributed by atoms with van der Waals surface area (Å²) in [5, 5.41) is 7.71. The van der Waals surface area contributed by atoms with Crippen molar-refractivity contribution in [2.24, 2.45) is 0 Å². The molecule has 232 valence electrons. The summed E-state index contributed by atoms with van der Waals surface area (Å²) in [5.41, 5.74) is -0.0349. The second-order valence-corrected chi connectivity index (χ2v) is 10.4. The first-order chi connectivity index (χ1) is 21.6. The van der Waals surface area contributed by atoms with Crippen molar-refractivity contribution in [1.82, 2.24) is 5.32 Å². The lowest BCUT2D eigenvalue weighted by Gasteiger charge is -2.14. The summed E-state index contributed by atoms with van der Waals surface area (Å²) in [4.78, 5) is 39.3. The number of para-hydroxylation sites is 1. The van der Waals surface area contributed by atoms with Gasteiger partial charge in [0, 0.05) is 27.8 Å². The average Bonchev–Trinajstić information content (AvgIpc) is 3.04. The zero-order valence-electron chi connectivity index (χ0n) is 24.1. The summed E-state index contributed by atoms with van der Waals surface area (Å²) < 4.78 is 50.3. The summed E-state index contributed by atoms with van der Waals surface area (Å²) in [6.07, 6.45) is -3.12. The van der Waals surface area contributed by atoms with E-state index in [2.05, 4.69) is 16.0 Å². The molecule has 0 atom stereocenters. The van der Waals surface area contributed by atoms with Gasteiger partial charge in [0.2, 0.25) is 5.91 Å². The predicted octanol–water partition coefficient (Wildman–Crippen LogP) is 6.86. The molecule has 12 heteroatoms. The second-order valence-electron chi connectivity index (χ2n) is 9.34. The first kappa shape index (κ1) is 32.7. The Kier molecular flexibility index (Phi) is 10.9. The van der Waals surface area contributed by atoms with Crippen molar-refractivity contribution >= 4 is 46.9 Å². The summed E-state index contributed by atoms with van der Waals surface area (Å²) >= 11 is 1.11. The quantitative estimate of drug-likeness (QED) is 0.123. The molecule has 0 aliphatic heterocycles. The second kappa shape index (κ2) is 15.0. The van der Waals surface area contributed by atoms with Gasteiger partial charge in [-0.15, -0.1) is 11.8 Å². The number of hydrogen-bond acceptors (Lipinski definition) is 6. The fourth-order valence-electron chi connectivity index (χ4n) is 4.04. The van der Waals surface area contributed by atoms with Gasteiger partial charge in [-0.05, 0) is 66.7 Å². The van der Waals surface area contributed by atoms with Gasteiger partial charge < -0.3 is 25.4 Å². The molecule has 0 aromatic heterocycles. The van der Waals surface area contributed by atoms with E-state index in [4.69, 9.17) is 9.47 Å². The molecule has 0 radical (unpaired) electrons. The lowest BCUT2D eigenvalue weighted by Crippen LogP contribution is -2.30. The Morgan fingerprint density at radius 1 is 0.822 bits per heavy atom. The van der Waals surface area contributed by atoms with E-state index >= 15 is 0 Å². The molecule has 0 unspecified atom stereocenters. The Morgan fingerprint density at radius 2 is 1.51 bits per heavy atom. The van der Waals surface area contributed by atoms with Crippen LogP contribution in [0, 0.1) is 0 Å². The van der Waals surface area contributed by atoms with Crippen molar-refractivity contribution in [3.05, 3.63) is 119 Å². The van der Waals surface area contributed by atoms with Gasteiger partial charge >= 0.3 is 6.18 Å². The molecule has 4 rings (SSSR count). The largest absolute Gasteiger partial charge is 0.497 e. The molecule has 0 saturated carbocycles. The minimum Gasteiger partial charge on any atom is -0.497 e. The summed E-state index contributed by atoms with van der Waals surface area (Å²) in [6.45, 7) is 0. The van der Waals surface area contributed by atoms with Crippen LogP contribution in [0.25, 0.3) is 6.08 Å². The molecule has 4 aromatic carbocycles. The highest BCUT2D eigenvalue weighted by Crippen LogP contribution is 2.34. The molecule has 0 aliphatic carbocycles. The normalized spacial score (nSPS) is 11.4. The van der Waals surface area contributed by atoms with Crippen molar-refractivity contribution in [2.45, 2.75) is 11.1 Å². The number of ether oxygens (including phenoxy) is 2. The number of anilines is 2. The number of carbonyl (C=O) groups excluding carboxylic acids is 3. The highest BCUT2D eigenvalue weighted by atomic mass is 32.2. The SMILES string of the molecule is COc1ccc(/C=C(\NC(=O)c2ccccc2)C(=O)Nc2ccc(SCC(=O)Nc3ccccc3C(F)(F)F)cc2)c(OC)c1. The molecule has 3 N–H and O–H groups in total. The molecule has 0 fully saturated rings. The van der Waals surface area contributed by atoms with Gasteiger partial charge in [0.05, 0.1) is 31.2 Å². The monoisotopic (exact) mass is 635 g/mol.